The van der Waals surface area contributed by atoms with E-state index < -0.39 is 0 Å². The van der Waals surface area contributed by atoms with Gasteiger partial charge in [-0.2, -0.15) is 0 Å². The number of nitrogens with zero attached hydrogens (tertiary/aromatic N) is 1. The smallest absolute Gasteiger partial charge is 0.255 e. The van der Waals surface area contributed by atoms with Crippen LogP contribution in [0.25, 0.3) is 0 Å². The van der Waals surface area contributed by atoms with Crippen molar-refractivity contribution in [1.29, 1.82) is 0 Å². The summed E-state index contributed by atoms with van der Waals surface area (Å²) < 4.78 is 0. The van der Waals surface area contributed by atoms with Crippen LogP contribution in [0.2, 0.25) is 0 Å². The Balaban J connectivity index is 2.16. The molecular weight excluding hydrogens is 278 g/mol. The van der Waals surface area contributed by atoms with Crippen LogP contribution in [0.4, 0.5) is 5.69 Å². The number of para-hydroxylation sites is 1. The van der Waals surface area contributed by atoms with Gasteiger partial charge in [-0.25, -0.2) is 0 Å². The second-order valence-corrected chi connectivity index (χ2v) is 5.17. The van der Waals surface area contributed by atoms with Crippen LogP contribution >= 0.6 is 0 Å². The highest BCUT2D eigenvalue weighted by Gasteiger charge is 2.10. The predicted molar refractivity (Wildman–Crippen MR) is 85.6 cm³/mol. The zero-order valence-electron chi connectivity index (χ0n) is 12.9. The molecule has 0 spiro atoms. The molecule has 0 fully saturated rings. The number of aromatic nitrogens is 1. The molecule has 0 aliphatic rings. The van der Waals surface area contributed by atoms with E-state index >= 15 is 0 Å². The second-order valence-electron chi connectivity index (χ2n) is 5.17. The highest BCUT2D eigenvalue weighted by atomic mass is 16.2. The lowest BCUT2D eigenvalue weighted by molar-refractivity contribution is -0.119. The van der Waals surface area contributed by atoms with Crippen molar-refractivity contribution in [1.82, 2.24) is 10.3 Å². The van der Waals surface area contributed by atoms with E-state index in [2.05, 4.69) is 15.6 Å². The Kier molecular flexibility index (Phi) is 4.88. The van der Waals surface area contributed by atoms with Gasteiger partial charge in [0, 0.05) is 24.4 Å². The van der Waals surface area contributed by atoms with E-state index in [9.17, 15) is 9.59 Å². The first-order chi connectivity index (χ1) is 10.5. The average molecular weight is 297 g/mol. The highest BCUT2D eigenvalue weighted by Crippen LogP contribution is 2.20. The van der Waals surface area contributed by atoms with Crippen molar-refractivity contribution in [2.24, 2.45) is 0 Å². The van der Waals surface area contributed by atoms with Gasteiger partial charge in [-0.1, -0.05) is 18.2 Å². The quantitative estimate of drug-likeness (QED) is 0.911. The molecule has 114 valence electrons. The van der Waals surface area contributed by atoms with Crippen LogP contribution in [0.3, 0.4) is 0 Å². The maximum atomic E-state index is 12.4. The Morgan fingerprint density at radius 1 is 1.14 bits per heavy atom. The monoisotopic (exact) mass is 297 g/mol. The van der Waals surface area contributed by atoms with E-state index in [4.69, 9.17) is 0 Å². The minimum absolute atomic E-state index is 0.132. The molecule has 2 N–H and O–H groups in total. The molecule has 2 aromatic rings. The molecule has 22 heavy (non-hydrogen) atoms. The molecule has 0 aliphatic heterocycles. The predicted octanol–water partition coefficient (Wildman–Crippen LogP) is 2.59. The number of amides is 2. The summed E-state index contributed by atoms with van der Waals surface area (Å²) in [5.41, 5.74) is 4.01. The molecular formula is C17H19N3O2. The average Bonchev–Trinajstić information content (AvgIpc) is 2.49. The number of hydrogen-bond acceptors (Lipinski definition) is 3. The molecule has 1 heterocycles. The lowest BCUT2D eigenvalue weighted by atomic mass is 10.1. The van der Waals surface area contributed by atoms with Crippen LogP contribution < -0.4 is 10.6 Å². The molecule has 0 aliphatic carbocycles. The summed E-state index contributed by atoms with van der Waals surface area (Å²) in [5, 5.41) is 5.60. The van der Waals surface area contributed by atoms with Crippen molar-refractivity contribution in [3.05, 3.63) is 58.9 Å². The Hall–Kier alpha value is -2.69. The van der Waals surface area contributed by atoms with Crippen molar-refractivity contribution in [2.75, 3.05) is 5.32 Å². The lowest BCUT2D eigenvalue weighted by Crippen LogP contribution is -2.20. The van der Waals surface area contributed by atoms with Crippen LogP contribution in [0.15, 0.2) is 36.5 Å². The maximum Gasteiger partial charge on any atom is 0.255 e. The van der Waals surface area contributed by atoms with Crippen LogP contribution in [-0.2, 0) is 11.3 Å². The van der Waals surface area contributed by atoms with Crippen LogP contribution in [-0.4, -0.2) is 16.8 Å². The van der Waals surface area contributed by atoms with Crippen molar-refractivity contribution < 1.29 is 9.59 Å². The third kappa shape index (κ3) is 3.91. The van der Waals surface area contributed by atoms with Crippen LogP contribution in [0.5, 0.6) is 0 Å². The summed E-state index contributed by atoms with van der Waals surface area (Å²) in [6, 6.07) is 9.20. The summed E-state index contributed by atoms with van der Waals surface area (Å²) in [5.74, 6) is -0.323. The Morgan fingerprint density at radius 2 is 1.82 bits per heavy atom. The fourth-order valence-electron chi connectivity index (χ4n) is 2.13. The van der Waals surface area contributed by atoms with E-state index in [0.717, 1.165) is 16.8 Å². The Bertz CT molecular complexity index is 691. The molecule has 0 atom stereocenters. The number of anilines is 1. The summed E-state index contributed by atoms with van der Waals surface area (Å²) in [4.78, 5) is 27.5. The van der Waals surface area contributed by atoms with Gasteiger partial charge in [0.2, 0.25) is 5.91 Å². The molecule has 5 heteroatoms. The number of carbonyl (C=O) groups excluding carboxylic acids is 2. The zero-order chi connectivity index (χ0) is 16.1. The SMILES string of the molecule is CC(=O)NCc1cc(C(=O)Nc2c(C)cccc2C)ccn1. The Labute approximate surface area is 129 Å². The van der Waals surface area contributed by atoms with Crippen LogP contribution in [0, 0.1) is 13.8 Å². The molecule has 1 aromatic heterocycles. The fraction of sp³-hybridized carbons (Fsp3) is 0.235. The maximum absolute atomic E-state index is 12.4. The van der Waals surface area contributed by atoms with E-state index in [1.165, 1.54) is 6.92 Å². The van der Waals surface area contributed by atoms with Gasteiger partial charge in [-0.3, -0.25) is 14.6 Å². The molecule has 2 amide bonds. The second kappa shape index (κ2) is 6.85. The van der Waals surface area contributed by atoms with Crippen molar-refractivity contribution in [3.8, 4) is 0 Å². The van der Waals surface area contributed by atoms with E-state index in [0.29, 0.717) is 17.8 Å². The summed E-state index contributed by atoms with van der Waals surface area (Å²) in [6.07, 6.45) is 1.57. The minimum atomic E-state index is -0.191. The van der Waals surface area contributed by atoms with Gasteiger partial charge in [0.15, 0.2) is 0 Å². The summed E-state index contributed by atoms with van der Waals surface area (Å²) in [7, 11) is 0. The molecule has 0 radical (unpaired) electrons. The van der Waals surface area contributed by atoms with Gasteiger partial charge in [0.1, 0.15) is 0 Å². The minimum Gasteiger partial charge on any atom is -0.351 e. The number of pyridine rings is 1. The molecule has 0 saturated heterocycles. The zero-order valence-corrected chi connectivity index (χ0v) is 12.9. The van der Waals surface area contributed by atoms with Crippen molar-refractivity contribution >= 4 is 17.5 Å². The van der Waals surface area contributed by atoms with E-state index in [-0.39, 0.29) is 11.8 Å². The summed E-state index contributed by atoms with van der Waals surface area (Å²) >= 11 is 0. The molecule has 0 bridgehead atoms. The number of benzene rings is 1. The number of aryl methyl sites for hydroxylation is 2. The Morgan fingerprint density at radius 3 is 2.45 bits per heavy atom. The third-order valence-electron chi connectivity index (χ3n) is 3.32. The van der Waals surface area contributed by atoms with Crippen molar-refractivity contribution in [3.63, 3.8) is 0 Å². The number of nitrogens with one attached hydrogen (secondary N) is 2. The van der Waals surface area contributed by atoms with E-state index in [1.54, 1.807) is 18.3 Å². The molecule has 1 aromatic carbocycles. The van der Waals surface area contributed by atoms with Gasteiger partial charge < -0.3 is 10.6 Å². The largest absolute Gasteiger partial charge is 0.351 e. The molecule has 2 rings (SSSR count). The summed E-state index contributed by atoms with van der Waals surface area (Å²) in [6.45, 7) is 5.66. The van der Waals surface area contributed by atoms with Gasteiger partial charge in [0.05, 0.1) is 12.2 Å². The first-order valence-corrected chi connectivity index (χ1v) is 7.04. The van der Waals surface area contributed by atoms with Crippen molar-refractivity contribution in [2.45, 2.75) is 27.3 Å². The molecule has 0 unspecified atom stereocenters. The van der Waals surface area contributed by atoms with Gasteiger partial charge >= 0.3 is 0 Å². The highest BCUT2D eigenvalue weighted by molar-refractivity contribution is 6.05. The van der Waals surface area contributed by atoms with Gasteiger partial charge in [-0.05, 0) is 37.1 Å². The topological polar surface area (TPSA) is 71.1 Å². The normalized spacial score (nSPS) is 10.1. The molecule has 5 nitrogen and oxygen atoms in total. The molecule has 0 saturated carbocycles. The number of carbonyl (C=O) groups is 2. The fourth-order valence-corrected chi connectivity index (χ4v) is 2.13. The number of rotatable bonds is 4. The van der Waals surface area contributed by atoms with Gasteiger partial charge in [0.25, 0.3) is 5.91 Å². The van der Waals surface area contributed by atoms with Gasteiger partial charge in [-0.15, -0.1) is 0 Å². The number of hydrogen-bond donors (Lipinski definition) is 2. The standard InChI is InChI=1S/C17H19N3O2/c1-11-5-4-6-12(2)16(11)20-17(22)14-7-8-18-15(9-14)10-19-13(3)21/h4-9H,10H2,1-3H3,(H,19,21)(H,20,22). The first-order valence-electron chi connectivity index (χ1n) is 7.04. The first kappa shape index (κ1) is 15.7. The third-order valence-corrected chi connectivity index (χ3v) is 3.32. The lowest BCUT2D eigenvalue weighted by Gasteiger charge is -2.12. The van der Waals surface area contributed by atoms with Crippen LogP contribution in [0.1, 0.15) is 34.1 Å². The van der Waals surface area contributed by atoms with E-state index in [1.807, 2.05) is 32.0 Å².